The quantitative estimate of drug-likeness (QED) is 0.594. The molecule has 0 heterocycles. The topological polar surface area (TPSA) is 87.6 Å². The van der Waals surface area contributed by atoms with Gasteiger partial charge in [0.2, 0.25) is 0 Å². The first-order valence-electron chi connectivity index (χ1n) is 7.64. The van der Waals surface area contributed by atoms with Crippen molar-refractivity contribution in [3.8, 4) is 11.1 Å². The number of hydrogen-bond acceptors (Lipinski definition) is 5. The second-order valence-corrected chi connectivity index (χ2v) is 5.57. The maximum atomic E-state index is 11.4. The van der Waals surface area contributed by atoms with Gasteiger partial charge in [0.25, 0.3) is 6.04 Å². The first kappa shape index (κ1) is 18.1. The lowest BCUT2D eigenvalue weighted by molar-refractivity contribution is -0.532. The van der Waals surface area contributed by atoms with Gasteiger partial charge in [-0.1, -0.05) is 30.3 Å². The molecule has 2 rings (SSSR count). The first-order chi connectivity index (χ1) is 11.6. The molecule has 2 aromatic rings. The summed E-state index contributed by atoms with van der Waals surface area (Å²) in [6.45, 7) is 0.343. The predicted molar refractivity (Wildman–Crippen MR) is 92.3 cm³/mol. The van der Waals surface area contributed by atoms with Crippen molar-refractivity contribution in [2.75, 3.05) is 27.4 Å². The van der Waals surface area contributed by atoms with Gasteiger partial charge in [0, 0.05) is 24.7 Å². The Morgan fingerprint density at radius 1 is 1.00 bits per heavy atom. The predicted octanol–water partition coefficient (Wildman–Crippen LogP) is 2.96. The van der Waals surface area contributed by atoms with Crippen LogP contribution in [0.25, 0.3) is 11.1 Å². The molecule has 0 saturated heterocycles. The van der Waals surface area contributed by atoms with Crippen molar-refractivity contribution in [2.45, 2.75) is 12.1 Å². The standard InChI is InChI=1S/C18H22N2O4/c1-23-11-17(19)15-8-14(13-6-4-3-5-7-13)9-16(10-15)18(12-24-2)20(21)22/h3-10,17-18H,11-12,19H2,1-2H3. The molecule has 0 aromatic heterocycles. The summed E-state index contributed by atoms with van der Waals surface area (Å²) in [5.41, 5.74) is 9.38. The maximum Gasteiger partial charge on any atom is 0.261 e. The third-order valence-corrected chi connectivity index (χ3v) is 3.82. The van der Waals surface area contributed by atoms with E-state index in [9.17, 15) is 10.1 Å². The number of ether oxygens (including phenoxy) is 2. The van der Waals surface area contributed by atoms with Crippen LogP contribution in [0.4, 0.5) is 0 Å². The second kappa shape index (κ2) is 8.54. The highest BCUT2D eigenvalue weighted by molar-refractivity contribution is 5.65. The lowest BCUT2D eigenvalue weighted by Crippen LogP contribution is -2.19. The summed E-state index contributed by atoms with van der Waals surface area (Å²) in [5, 5.41) is 11.4. The van der Waals surface area contributed by atoms with E-state index in [2.05, 4.69) is 0 Å². The molecule has 2 N–H and O–H groups in total. The van der Waals surface area contributed by atoms with Crippen LogP contribution < -0.4 is 5.73 Å². The molecule has 0 bridgehead atoms. The third-order valence-electron chi connectivity index (χ3n) is 3.82. The minimum Gasteiger partial charge on any atom is -0.383 e. The Hall–Kier alpha value is -2.28. The zero-order valence-electron chi connectivity index (χ0n) is 13.8. The number of nitro groups is 1. The Balaban J connectivity index is 2.53. The molecule has 0 aliphatic carbocycles. The molecule has 0 aliphatic rings. The number of rotatable bonds is 8. The average Bonchev–Trinajstić information content (AvgIpc) is 2.60. The number of benzene rings is 2. The summed E-state index contributed by atoms with van der Waals surface area (Å²) in [6.07, 6.45) is 0. The van der Waals surface area contributed by atoms with Gasteiger partial charge < -0.3 is 15.2 Å². The van der Waals surface area contributed by atoms with E-state index in [1.165, 1.54) is 7.11 Å². The summed E-state index contributed by atoms with van der Waals surface area (Å²) in [4.78, 5) is 11.1. The van der Waals surface area contributed by atoms with Gasteiger partial charge in [0.1, 0.15) is 6.61 Å². The molecule has 0 spiro atoms. The zero-order valence-corrected chi connectivity index (χ0v) is 13.8. The number of nitrogens with two attached hydrogens (primary N) is 1. The number of hydrogen-bond donors (Lipinski definition) is 1. The Bertz CT molecular complexity index is 676. The van der Waals surface area contributed by atoms with E-state index >= 15 is 0 Å². The largest absolute Gasteiger partial charge is 0.383 e. The second-order valence-electron chi connectivity index (χ2n) is 5.57. The van der Waals surface area contributed by atoms with Crippen LogP contribution in [-0.4, -0.2) is 32.4 Å². The molecule has 2 unspecified atom stereocenters. The monoisotopic (exact) mass is 330 g/mol. The highest BCUT2D eigenvalue weighted by Crippen LogP contribution is 2.29. The summed E-state index contributed by atoms with van der Waals surface area (Å²) in [7, 11) is 3.03. The molecule has 2 aromatic carbocycles. The molecule has 0 aliphatic heterocycles. The van der Waals surface area contributed by atoms with E-state index in [0.717, 1.165) is 16.7 Å². The summed E-state index contributed by atoms with van der Waals surface area (Å²) in [6, 6.07) is 14.0. The van der Waals surface area contributed by atoms with Crippen molar-refractivity contribution >= 4 is 0 Å². The molecular weight excluding hydrogens is 308 g/mol. The van der Waals surface area contributed by atoms with Gasteiger partial charge in [0.15, 0.2) is 0 Å². The summed E-state index contributed by atoms with van der Waals surface area (Å²) >= 11 is 0. The Labute approximate surface area is 141 Å². The van der Waals surface area contributed by atoms with Crippen molar-refractivity contribution in [3.05, 3.63) is 69.8 Å². The maximum absolute atomic E-state index is 11.4. The molecule has 0 radical (unpaired) electrons. The van der Waals surface area contributed by atoms with Crippen LogP contribution in [0.5, 0.6) is 0 Å². The molecular formula is C18H22N2O4. The van der Waals surface area contributed by atoms with E-state index in [0.29, 0.717) is 12.2 Å². The molecule has 0 fully saturated rings. The lowest BCUT2D eigenvalue weighted by atomic mass is 9.94. The van der Waals surface area contributed by atoms with Gasteiger partial charge in [-0.15, -0.1) is 0 Å². The summed E-state index contributed by atoms with van der Waals surface area (Å²) < 4.78 is 10.1. The van der Waals surface area contributed by atoms with Gasteiger partial charge in [-0.3, -0.25) is 10.1 Å². The minimum absolute atomic E-state index is 0.00417. The Kier molecular flexibility index (Phi) is 6.43. The SMILES string of the molecule is COCC(N)c1cc(-c2ccccc2)cc(C(COC)[N+](=O)[O-])c1. The van der Waals surface area contributed by atoms with Gasteiger partial charge >= 0.3 is 0 Å². The number of methoxy groups -OCH3 is 2. The first-order valence-corrected chi connectivity index (χ1v) is 7.64. The van der Waals surface area contributed by atoms with Gasteiger partial charge in [0.05, 0.1) is 12.6 Å². The highest BCUT2D eigenvalue weighted by atomic mass is 16.6. The van der Waals surface area contributed by atoms with E-state index in [1.807, 2.05) is 42.5 Å². The van der Waals surface area contributed by atoms with Crippen molar-refractivity contribution in [1.29, 1.82) is 0 Å². The van der Waals surface area contributed by atoms with Gasteiger partial charge in [-0.25, -0.2) is 0 Å². The molecule has 2 atom stereocenters. The smallest absolute Gasteiger partial charge is 0.261 e. The van der Waals surface area contributed by atoms with Crippen molar-refractivity contribution in [2.24, 2.45) is 5.73 Å². The Morgan fingerprint density at radius 3 is 2.21 bits per heavy atom. The van der Waals surface area contributed by atoms with Crippen LogP contribution >= 0.6 is 0 Å². The zero-order chi connectivity index (χ0) is 17.5. The average molecular weight is 330 g/mol. The number of nitrogens with zero attached hydrogens (tertiary/aromatic N) is 1. The minimum atomic E-state index is -0.938. The van der Waals surface area contributed by atoms with Crippen molar-refractivity contribution in [3.63, 3.8) is 0 Å². The molecule has 128 valence electrons. The van der Waals surface area contributed by atoms with Crippen LogP contribution in [0.15, 0.2) is 48.5 Å². The van der Waals surface area contributed by atoms with E-state index in [4.69, 9.17) is 15.2 Å². The normalized spacial score (nSPS) is 13.5. The molecule has 0 saturated carbocycles. The molecule has 6 nitrogen and oxygen atoms in total. The molecule has 6 heteroatoms. The fourth-order valence-electron chi connectivity index (χ4n) is 2.59. The van der Waals surface area contributed by atoms with Crippen molar-refractivity contribution < 1.29 is 14.4 Å². The molecule has 24 heavy (non-hydrogen) atoms. The van der Waals surface area contributed by atoms with E-state index in [-0.39, 0.29) is 17.6 Å². The van der Waals surface area contributed by atoms with Crippen LogP contribution in [0.2, 0.25) is 0 Å². The summed E-state index contributed by atoms with van der Waals surface area (Å²) in [5.74, 6) is 0. The van der Waals surface area contributed by atoms with Gasteiger partial charge in [-0.2, -0.15) is 0 Å². The van der Waals surface area contributed by atoms with Crippen LogP contribution in [0, 0.1) is 10.1 Å². The van der Waals surface area contributed by atoms with Crippen molar-refractivity contribution in [1.82, 2.24) is 0 Å². The highest BCUT2D eigenvalue weighted by Gasteiger charge is 2.24. The lowest BCUT2D eigenvalue weighted by Gasteiger charge is -2.17. The van der Waals surface area contributed by atoms with E-state index in [1.54, 1.807) is 13.2 Å². The van der Waals surface area contributed by atoms with E-state index < -0.39 is 6.04 Å². The Morgan fingerprint density at radius 2 is 1.62 bits per heavy atom. The van der Waals surface area contributed by atoms with Gasteiger partial charge in [-0.05, 0) is 34.9 Å². The fourth-order valence-corrected chi connectivity index (χ4v) is 2.59. The molecule has 0 amide bonds. The van der Waals surface area contributed by atoms with Crippen LogP contribution in [0.3, 0.4) is 0 Å². The third kappa shape index (κ3) is 4.38. The van der Waals surface area contributed by atoms with Crippen LogP contribution in [0.1, 0.15) is 23.2 Å². The fraction of sp³-hybridized carbons (Fsp3) is 0.333. The van der Waals surface area contributed by atoms with Crippen LogP contribution in [-0.2, 0) is 9.47 Å².